The number of carbonyl (C=O) groups is 1. The fraction of sp³-hybridized carbons (Fsp3) is 0.357. The van der Waals surface area contributed by atoms with Gasteiger partial charge in [0.2, 0.25) is 0 Å². The van der Waals surface area contributed by atoms with Crippen LogP contribution >= 0.6 is 12.4 Å². The predicted molar refractivity (Wildman–Crippen MR) is 89.7 cm³/mol. The standard InChI is InChI=1S/C14H15N7O3.ClH/c15-11(23)12-19-14(24-20-12)8-6-17-21-9(5-10(22)18-13(8)21)7-1-3-16-4-2-7;/h5-7,16H,1-4H2,(H2,15,23)(H,18,22);1H. The highest BCUT2D eigenvalue weighted by Crippen LogP contribution is 2.27. The monoisotopic (exact) mass is 365 g/mol. The van der Waals surface area contributed by atoms with Gasteiger partial charge in [-0.05, 0) is 25.9 Å². The zero-order chi connectivity index (χ0) is 16.7. The van der Waals surface area contributed by atoms with Crippen molar-refractivity contribution in [1.82, 2.24) is 30.1 Å². The lowest BCUT2D eigenvalue weighted by Crippen LogP contribution is -2.28. The van der Waals surface area contributed by atoms with Crippen molar-refractivity contribution >= 4 is 24.0 Å². The fourth-order valence-corrected chi connectivity index (χ4v) is 3.01. The van der Waals surface area contributed by atoms with Crippen molar-refractivity contribution in [3.8, 4) is 11.5 Å². The molecule has 1 amide bonds. The van der Waals surface area contributed by atoms with Crippen molar-refractivity contribution in [1.29, 1.82) is 0 Å². The summed E-state index contributed by atoms with van der Waals surface area (Å²) in [7, 11) is 0. The van der Waals surface area contributed by atoms with Gasteiger partial charge in [-0.1, -0.05) is 5.16 Å². The number of primary amides is 1. The lowest BCUT2D eigenvalue weighted by Gasteiger charge is -2.23. The lowest BCUT2D eigenvalue weighted by molar-refractivity contribution is 0.0987. The van der Waals surface area contributed by atoms with E-state index in [1.54, 1.807) is 10.6 Å². The number of piperidine rings is 1. The molecular weight excluding hydrogens is 350 g/mol. The van der Waals surface area contributed by atoms with E-state index in [-0.39, 0.29) is 35.6 Å². The molecule has 1 fully saturated rings. The van der Waals surface area contributed by atoms with Crippen LogP contribution in [0.15, 0.2) is 21.6 Å². The summed E-state index contributed by atoms with van der Waals surface area (Å²) in [5.74, 6) is -0.684. The van der Waals surface area contributed by atoms with Crippen LogP contribution in [0.4, 0.5) is 0 Å². The summed E-state index contributed by atoms with van der Waals surface area (Å²) >= 11 is 0. The van der Waals surface area contributed by atoms with Crippen LogP contribution in [0.1, 0.15) is 35.1 Å². The highest BCUT2D eigenvalue weighted by atomic mass is 35.5. The number of fused-ring (bicyclic) bond motifs is 1. The number of nitrogens with one attached hydrogen (secondary N) is 2. The second-order valence-electron chi connectivity index (χ2n) is 5.69. The van der Waals surface area contributed by atoms with Gasteiger partial charge < -0.3 is 20.6 Å². The molecule has 0 atom stereocenters. The Kier molecular flexibility index (Phi) is 4.55. The molecule has 4 rings (SSSR count). The second-order valence-corrected chi connectivity index (χ2v) is 5.69. The molecule has 1 aliphatic rings. The van der Waals surface area contributed by atoms with E-state index in [0.29, 0.717) is 11.2 Å². The van der Waals surface area contributed by atoms with Gasteiger partial charge in [0.25, 0.3) is 23.2 Å². The summed E-state index contributed by atoms with van der Waals surface area (Å²) in [5.41, 5.74) is 6.65. The molecule has 1 aliphatic heterocycles. The molecule has 0 saturated carbocycles. The number of halogens is 1. The van der Waals surface area contributed by atoms with Gasteiger partial charge in [-0.25, -0.2) is 4.52 Å². The molecule has 0 bridgehead atoms. The van der Waals surface area contributed by atoms with Crippen molar-refractivity contribution in [2.45, 2.75) is 18.8 Å². The summed E-state index contributed by atoms with van der Waals surface area (Å²) in [4.78, 5) is 29.9. The minimum atomic E-state index is -0.787. The maximum Gasteiger partial charge on any atom is 0.290 e. The Bertz CT molecular complexity index is 970. The second kappa shape index (κ2) is 6.65. The molecule has 0 aliphatic carbocycles. The average molecular weight is 366 g/mol. The topological polar surface area (TPSA) is 144 Å². The van der Waals surface area contributed by atoms with Crippen molar-refractivity contribution in [3.63, 3.8) is 0 Å². The first kappa shape index (κ1) is 17.1. The Balaban J connectivity index is 0.00000182. The maximum absolute atomic E-state index is 12.1. The number of H-pyrrole nitrogens is 1. The normalized spacial score (nSPS) is 15.2. The SMILES string of the molecule is Cl.NC(=O)c1noc(-c2cnn3c(C4CCNCC4)cc(=O)[nH]c23)n1. The van der Waals surface area contributed by atoms with Crippen LogP contribution in [0.25, 0.3) is 17.1 Å². The Morgan fingerprint density at radius 2 is 2.12 bits per heavy atom. The van der Waals surface area contributed by atoms with Crippen LogP contribution in [0, 0.1) is 0 Å². The average Bonchev–Trinajstić information content (AvgIpc) is 3.21. The summed E-state index contributed by atoms with van der Waals surface area (Å²) < 4.78 is 6.74. The van der Waals surface area contributed by atoms with Gasteiger partial charge in [0.15, 0.2) is 0 Å². The number of nitrogens with two attached hydrogens (primary N) is 1. The van der Waals surface area contributed by atoms with E-state index in [1.165, 1.54) is 6.20 Å². The van der Waals surface area contributed by atoms with E-state index in [4.69, 9.17) is 10.3 Å². The van der Waals surface area contributed by atoms with Gasteiger partial charge in [0.05, 0.1) is 11.9 Å². The van der Waals surface area contributed by atoms with Gasteiger partial charge in [0.1, 0.15) is 11.2 Å². The molecule has 0 aromatic carbocycles. The highest BCUT2D eigenvalue weighted by Gasteiger charge is 2.23. The lowest BCUT2D eigenvalue weighted by atomic mass is 9.94. The van der Waals surface area contributed by atoms with Crippen LogP contribution < -0.4 is 16.6 Å². The Morgan fingerprint density at radius 1 is 1.36 bits per heavy atom. The smallest absolute Gasteiger partial charge is 0.290 e. The molecule has 4 heterocycles. The number of hydrogen-bond donors (Lipinski definition) is 3. The molecule has 3 aromatic heterocycles. The van der Waals surface area contributed by atoms with E-state index < -0.39 is 5.91 Å². The number of amides is 1. The number of nitrogens with zero attached hydrogens (tertiary/aromatic N) is 4. The van der Waals surface area contributed by atoms with Crippen LogP contribution in [-0.2, 0) is 0 Å². The molecular formula is C14H16ClN7O3. The first-order valence-electron chi connectivity index (χ1n) is 7.59. The number of rotatable bonds is 3. The predicted octanol–water partition coefficient (Wildman–Crippen LogP) is 0.0603. The van der Waals surface area contributed by atoms with E-state index in [9.17, 15) is 9.59 Å². The number of aromatic amines is 1. The molecule has 4 N–H and O–H groups in total. The summed E-state index contributed by atoms with van der Waals surface area (Å²) in [5, 5.41) is 11.2. The van der Waals surface area contributed by atoms with Crippen molar-refractivity contribution in [2.75, 3.05) is 13.1 Å². The van der Waals surface area contributed by atoms with Crippen LogP contribution in [0.3, 0.4) is 0 Å². The third-order valence-corrected chi connectivity index (χ3v) is 4.17. The summed E-state index contributed by atoms with van der Waals surface area (Å²) in [6.07, 6.45) is 3.38. The third kappa shape index (κ3) is 3.01. The van der Waals surface area contributed by atoms with Crippen molar-refractivity contribution in [3.05, 3.63) is 34.1 Å². The van der Waals surface area contributed by atoms with E-state index in [2.05, 4.69) is 25.5 Å². The summed E-state index contributed by atoms with van der Waals surface area (Å²) in [6, 6.07) is 1.57. The van der Waals surface area contributed by atoms with Gasteiger partial charge in [-0.3, -0.25) is 9.59 Å². The number of hydrogen-bond acceptors (Lipinski definition) is 7. The maximum atomic E-state index is 12.1. The molecule has 0 spiro atoms. The van der Waals surface area contributed by atoms with Gasteiger partial charge >= 0.3 is 0 Å². The third-order valence-electron chi connectivity index (χ3n) is 4.17. The molecule has 0 unspecified atom stereocenters. The van der Waals surface area contributed by atoms with E-state index >= 15 is 0 Å². The Morgan fingerprint density at radius 3 is 2.80 bits per heavy atom. The van der Waals surface area contributed by atoms with E-state index in [1.807, 2.05) is 0 Å². The van der Waals surface area contributed by atoms with Crippen LogP contribution in [0.5, 0.6) is 0 Å². The van der Waals surface area contributed by atoms with Gasteiger partial charge in [-0.2, -0.15) is 10.1 Å². The van der Waals surface area contributed by atoms with Crippen LogP contribution in [-0.4, -0.2) is 43.7 Å². The molecule has 1 saturated heterocycles. The molecule has 3 aromatic rings. The zero-order valence-corrected chi connectivity index (χ0v) is 13.9. The molecule has 25 heavy (non-hydrogen) atoms. The Labute approximate surface area is 147 Å². The van der Waals surface area contributed by atoms with Crippen molar-refractivity contribution < 1.29 is 9.32 Å². The minimum absolute atomic E-state index is 0. The van der Waals surface area contributed by atoms with Crippen LogP contribution in [0.2, 0.25) is 0 Å². The Hall–Kier alpha value is -2.72. The first-order valence-corrected chi connectivity index (χ1v) is 7.59. The minimum Gasteiger partial charge on any atom is -0.363 e. The molecule has 0 radical (unpaired) electrons. The molecule has 11 heteroatoms. The van der Waals surface area contributed by atoms with Gasteiger partial charge in [0, 0.05) is 12.0 Å². The molecule has 132 valence electrons. The van der Waals surface area contributed by atoms with Gasteiger partial charge in [-0.15, -0.1) is 12.4 Å². The number of aromatic nitrogens is 5. The fourth-order valence-electron chi connectivity index (χ4n) is 3.01. The first-order chi connectivity index (χ1) is 11.6. The highest BCUT2D eigenvalue weighted by molar-refractivity contribution is 5.89. The summed E-state index contributed by atoms with van der Waals surface area (Å²) in [6.45, 7) is 1.80. The number of carbonyl (C=O) groups excluding carboxylic acids is 1. The van der Waals surface area contributed by atoms with E-state index in [0.717, 1.165) is 31.6 Å². The van der Waals surface area contributed by atoms with Crippen molar-refractivity contribution in [2.24, 2.45) is 5.73 Å². The zero-order valence-electron chi connectivity index (χ0n) is 13.1. The molecule has 10 nitrogen and oxygen atoms in total. The largest absolute Gasteiger partial charge is 0.363 e. The quantitative estimate of drug-likeness (QED) is 0.595.